The SMILES string of the molecule is ON=C1C=Cc2cc(F)ccc21. The molecule has 1 aromatic rings. The van der Waals surface area contributed by atoms with Gasteiger partial charge in [0.1, 0.15) is 11.5 Å². The molecule has 0 atom stereocenters. The van der Waals surface area contributed by atoms with Gasteiger partial charge in [-0.05, 0) is 29.8 Å². The third-order valence-electron chi connectivity index (χ3n) is 1.82. The Morgan fingerprint density at radius 1 is 1.25 bits per heavy atom. The van der Waals surface area contributed by atoms with Crippen molar-refractivity contribution in [3.63, 3.8) is 0 Å². The number of halogens is 1. The fraction of sp³-hybridized carbons (Fsp3) is 0. The lowest BCUT2D eigenvalue weighted by Gasteiger charge is -1.97. The quantitative estimate of drug-likeness (QED) is 0.460. The number of benzene rings is 1. The van der Waals surface area contributed by atoms with Crippen molar-refractivity contribution in [1.82, 2.24) is 0 Å². The first-order chi connectivity index (χ1) is 5.81. The molecule has 0 saturated carbocycles. The summed E-state index contributed by atoms with van der Waals surface area (Å²) in [5.74, 6) is -0.280. The molecule has 3 heteroatoms. The van der Waals surface area contributed by atoms with Crippen LogP contribution in [0.2, 0.25) is 0 Å². The highest BCUT2D eigenvalue weighted by molar-refractivity contribution is 6.16. The standard InChI is InChI=1S/C9H6FNO/c10-7-2-3-8-6(5-7)1-4-9(8)11-12/h1-5,12H. The van der Waals surface area contributed by atoms with Crippen molar-refractivity contribution in [1.29, 1.82) is 0 Å². The molecule has 0 saturated heterocycles. The number of nitrogens with zero attached hydrogens (tertiary/aromatic N) is 1. The molecule has 0 aliphatic heterocycles. The lowest BCUT2D eigenvalue weighted by Crippen LogP contribution is -1.93. The molecular weight excluding hydrogens is 157 g/mol. The number of allylic oxidation sites excluding steroid dienone is 1. The van der Waals surface area contributed by atoms with Crippen LogP contribution in [0.3, 0.4) is 0 Å². The Morgan fingerprint density at radius 3 is 2.83 bits per heavy atom. The monoisotopic (exact) mass is 163 g/mol. The van der Waals surface area contributed by atoms with Crippen LogP contribution >= 0.6 is 0 Å². The van der Waals surface area contributed by atoms with Crippen LogP contribution in [-0.2, 0) is 0 Å². The van der Waals surface area contributed by atoms with Gasteiger partial charge in [-0.3, -0.25) is 0 Å². The highest BCUT2D eigenvalue weighted by Gasteiger charge is 2.12. The van der Waals surface area contributed by atoms with Gasteiger partial charge in [0.15, 0.2) is 0 Å². The van der Waals surface area contributed by atoms with Gasteiger partial charge in [0.2, 0.25) is 0 Å². The molecule has 1 N–H and O–H groups in total. The maximum Gasteiger partial charge on any atom is 0.123 e. The first kappa shape index (κ1) is 7.03. The number of hydrogen-bond acceptors (Lipinski definition) is 2. The van der Waals surface area contributed by atoms with Gasteiger partial charge < -0.3 is 5.21 Å². The Balaban J connectivity index is 2.61. The second-order valence-corrected chi connectivity index (χ2v) is 2.55. The molecule has 0 spiro atoms. The summed E-state index contributed by atoms with van der Waals surface area (Å²) in [6.45, 7) is 0. The van der Waals surface area contributed by atoms with Gasteiger partial charge >= 0.3 is 0 Å². The van der Waals surface area contributed by atoms with Crippen LogP contribution in [0.1, 0.15) is 11.1 Å². The Labute approximate surface area is 68.6 Å². The third-order valence-corrected chi connectivity index (χ3v) is 1.82. The van der Waals surface area contributed by atoms with E-state index in [9.17, 15) is 4.39 Å². The van der Waals surface area contributed by atoms with Gasteiger partial charge in [0, 0.05) is 5.56 Å². The van der Waals surface area contributed by atoms with Crippen LogP contribution in [0.5, 0.6) is 0 Å². The third kappa shape index (κ3) is 0.906. The summed E-state index contributed by atoms with van der Waals surface area (Å²) in [5, 5.41) is 11.6. The molecule has 0 aromatic heterocycles. The fourth-order valence-electron chi connectivity index (χ4n) is 1.25. The van der Waals surface area contributed by atoms with E-state index in [1.807, 2.05) is 0 Å². The van der Waals surface area contributed by atoms with E-state index in [0.29, 0.717) is 5.71 Å². The van der Waals surface area contributed by atoms with Gasteiger partial charge in [-0.1, -0.05) is 11.2 Å². The van der Waals surface area contributed by atoms with Crippen LogP contribution in [0.4, 0.5) is 4.39 Å². The smallest absolute Gasteiger partial charge is 0.123 e. The predicted molar refractivity (Wildman–Crippen MR) is 43.8 cm³/mol. The Morgan fingerprint density at radius 2 is 2.08 bits per heavy atom. The van der Waals surface area contributed by atoms with E-state index in [2.05, 4.69) is 5.16 Å². The van der Waals surface area contributed by atoms with E-state index < -0.39 is 0 Å². The summed E-state index contributed by atoms with van der Waals surface area (Å²) in [4.78, 5) is 0. The van der Waals surface area contributed by atoms with Crippen molar-refractivity contribution in [2.45, 2.75) is 0 Å². The van der Waals surface area contributed by atoms with Crippen molar-refractivity contribution < 1.29 is 9.60 Å². The number of hydrogen-bond donors (Lipinski definition) is 1. The maximum absolute atomic E-state index is 12.7. The normalized spacial score (nSPS) is 16.9. The first-order valence-corrected chi connectivity index (χ1v) is 3.51. The van der Waals surface area contributed by atoms with E-state index in [1.54, 1.807) is 18.2 Å². The molecule has 2 nitrogen and oxygen atoms in total. The minimum Gasteiger partial charge on any atom is -0.410 e. The van der Waals surface area contributed by atoms with Gasteiger partial charge in [-0.25, -0.2) is 4.39 Å². The van der Waals surface area contributed by atoms with Crippen molar-refractivity contribution in [2.24, 2.45) is 5.16 Å². The minimum absolute atomic E-state index is 0.280. The minimum atomic E-state index is -0.280. The average molecular weight is 163 g/mol. The van der Waals surface area contributed by atoms with Crippen LogP contribution in [0, 0.1) is 5.82 Å². The van der Waals surface area contributed by atoms with Gasteiger partial charge in [-0.15, -0.1) is 0 Å². The molecule has 1 aliphatic carbocycles. The van der Waals surface area contributed by atoms with Crippen molar-refractivity contribution in [2.75, 3.05) is 0 Å². The molecule has 60 valence electrons. The molecule has 0 bridgehead atoms. The van der Waals surface area contributed by atoms with Crippen LogP contribution in [0.25, 0.3) is 6.08 Å². The molecule has 2 rings (SSSR count). The van der Waals surface area contributed by atoms with Gasteiger partial charge in [-0.2, -0.15) is 0 Å². The zero-order chi connectivity index (χ0) is 8.55. The van der Waals surface area contributed by atoms with Crippen molar-refractivity contribution in [3.05, 3.63) is 41.2 Å². The summed E-state index contributed by atoms with van der Waals surface area (Å²) < 4.78 is 12.7. The van der Waals surface area contributed by atoms with E-state index in [0.717, 1.165) is 11.1 Å². The van der Waals surface area contributed by atoms with Crippen LogP contribution in [-0.4, -0.2) is 10.9 Å². The van der Waals surface area contributed by atoms with Gasteiger partial charge in [0.25, 0.3) is 0 Å². The number of oxime groups is 1. The summed E-state index contributed by atoms with van der Waals surface area (Å²) in [7, 11) is 0. The highest BCUT2D eigenvalue weighted by Crippen LogP contribution is 2.20. The molecule has 1 aromatic carbocycles. The van der Waals surface area contributed by atoms with E-state index in [4.69, 9.17) is 5.21 Å². The topological polar surface area (TPSA) is 32.6 Å². The fourth-order valence-corrected chi connectivity index (χ4v) is 1.25. The Hall–Kier alpha value is -1.64. The largest absolute Gasteiger partial charge is 0.410 e. The lowest BCUT2D eigenvalue weighted by molar-refractivity contribution is 0.320. The van der Waals surface area contributed by atoms with E-state index >= 15 is 0 Å². The molecular formula is C9H6FNO. The molecule has 1 aliphatic rings. The second kappa shape index (κ2) is 2.44. The zero-order valence-corrected chi connectivity index (χ0v) is 6.16. The number of fused-ring (bicyclic) bond motifs is 1. The Kier molecular flexibility index (Phi) is 1.43. The first-order valence-electron chi connectivity index (χ1n) is 3.51. The van der Waals surface area contributed by atoms with Crippen molar-refractivity contribution in [3.8, 4) is 0 Å². The molecule has 0 heterocycles. The summed E-state index contributed by atoms with van der Waals surface area (Å²) in [6.07, 6.45) is 3.36. The summed E-state index contributed by atoms with van der Waals surface area (Å²) in [5.41, 5.74) is 1.99. The highest BCUT2D eigenvalue weighted by atomic mass is 19.1. The average Bonchev–Trinajstić information content (AvgIpc) is 2.46. The van der Waals surface area contributed by atoms with Gasteiger partial charge in [0.05, 0.1) is 0 Å². The molecule has 0 amide bonds. The summed E-state index contributed by atoms with van der Waals surface area (Å²) >= 11 is 0. The van der Waals surface area contributed by atoms with Crippen LogP contribution < -0.4 is 0 Å². The van der Waals surface area contributed by atoms with Crippen molar-refractivity contribution >= 4 is 11.8 Å². The van der Waals surface area contributed by atoms with E-state index in [1.165, 1.54) is 12.1 Å². The molecule has 0 unspecified atom stereocenters. The molecule has 0 radical (unpaired) electrons. The number of rotatable bonds is 0. The summed E-state index contributed by atoms with van der Waals surface area (Å²) in [6, 6.07) is 4.35. The maximum atomic E-state index is 12.7. The predicted octanol–water partition coefficient (Wildman–Crippen LogP) is 2.03. The molecule has 12 heavy (non-hydrogen) atoms. The molecule has 0 fully saturated rings. The lowest BCUT2D eigenvalue weighted by atomic mass is 10.1. The van der Waals surface area contributed by atoms with E-state index in [-0.39, 0.29) is 5.82 Å². The zero-order valence-electron chi connectivity index (χ0n) is 6.16. The second-order valence-electron chi connectivity index (χ2n) is 2.55. The Bertz CT molecular complexity index is 382. The van der Waals surface area contributed by atoms with Crippen LogP contribution in [0.15, 0.2) is 29.4 Å².